The van der Waals surface area contributed by atoms with Crippen LogP contribution in [0.3, 0.4) is 0 Å². The van der Waals surface area contributed by atoms with Gasteiger partial charge in [0.25, 0.3) is 10.0 Å². The van der Waals surface area contributed by atoms with E-state index in [1.807, 2.05) is 60.8 Å². The summed E-state index contributed by atoms with van der Waals surface area (Å²) in [4.78, 5) is 16.1. The zero-order valence-electron chi connectivity index (χ0n) is 19.5. The summed E-state index contributed by atoms with van der Waals surface area (Å²) in [6.07, 6.45) is 5.00. The van der Waals surface area contributed by atoms with Crippen molar-refractivity contribution in [3.63, 3.8) is 0 Å². The number of ether oxygens (including phenoxy) is 1. The number of carbonyl (C=O) groups is 1. The van der Waals surface area contributed by atoms with Gasteiger partial charge < -0.3 is 4.74 Å². The first kappa shape index (κ1) is 24.3. The van der Waals surface area contributed by atoms with Gasteiger partial charge in [-0.1, -0.05) is 42.5 Å². The molecule has 0 aliphatic carbocycles. The number of esters is 1. The molecule has 0 radical (unpaired) electrons. The molecular weight excluding hydrogens is 464 g/mol. The first-order chi connectivity index (χ1) is 16.9. The highest BCUT2D eigenvalue weighted by Gasteiger charge is 2.26. The monoisotopic (exact) mass is 490 g/mol. The summed E-state index contributed by atoms with van der Waals surface area (Å²) in [5, 5.41) is 4.20. The van der Waals surface area contributed by atoms with E-state index in [1.54, 1.807) is 29.9 Å². The summed E-state index contributed by atoms with van der Waals surface area (Å²) in [6, 6.07) is 21.5. The predicted octanol–water partition coefficient (Wildman–Crippen LogP) is 3.93. The lowest BCUT2D eigenvalue weighted by atomic mass is 9.99. The molecule has 0 saturated heterocycles. The third-order valence-electron chi connectivity index (χ3n) is 5.67. The molecule has 9 heteroatoms. The average molecular weight is 491 g/mol. The van der Waals surface area contributed by atoms with Gasteiger partial charge in [0.15, 0.2) is 5.03 Å². The van der Waals surface area contributed by atoms with Gasteiger partial charge in [-0.25, -0.2) is 18.1 Å². The van der Waals surface area contributed by atoms with E-state index in [0.717, 1.165) is 22.4 Å². The van der Waals surface area contributed by atoms with Gasteiger partial charge in [0, 0.05) is 31.7 Å². The Kier molecular flexibility index (Phi) is 7.38. The van der Waals surface area contributed by atoms with Crippen LogP contribution in [0.15, 0.2) is 96.4 Å². The van der Waals surface area contributed by atoms with E-state index in [4.69, 9.17) is 4.74 Å². The van der Waals surface area contributed by atoms with Crippen molar-refractivity contribution in [2.75, 3.05) is 7.11 Å². The van der Waals surface area contributed by atoms with Crippen molar-refractivity contribution in [2.45, 2.75) is 31.0 Å². The number of hydrogen-bond donors (Lipinski definition) is 0. The molecule has 35 heavy (non-hydrogen) atoms. The Balaban J connectivity index is 1.64. The Morgan fingerprint density at radius 1 is 0.971 bits per heavy atom. The highest BCUT2D eigenvalue weighted by Crippen LogP contribution is 2.23. The number of benzene rings is 2. The molecule has 2 aromatic heterocycles. The molecule has 8 nitrogen and oxygen atoms in total. The highest BCUT2D eigenvalue weighted by molar-refractivity contribution is 7.89. The number of carbonyl (C=O) groups excluding carboxylic acids is 1. The molecule has 2 heterocycles. The zero-order chi connectivity index (χ0) is 24.8. The van der Waals surface area contributed by atoms with Crippen molar-refractivity contribution in [3.8, 4) is 5.69 Å². The molecule has 0 bridgehead atoms. The lowest BCUT2D eigenvalue weighted by Gasteiger charge is -2.23. The van der Waals surface area contributed by atoms with E-state index in [-0.39, 0.29) is 24.1 Å². The fraction of sp³-hybridized carbons (Fsp3) is 0.192. The van der Waals surface area contributed by atoms with Crippen molar-refractivity contribution in [2.24, 2.45) is 0 Å². The predicted molar refractivity (Wildman–Crippen MR) is 131 cm³/mol. The minimum atomic E-state index is -3.89. The van der Waals surface area contributed by atoms with Crippen LogP contribution in [0.4, 0.5) is 0 Å². The Hall–Kier alpha value is -3.82. The van der Waals surface area contributed by atoms with Gasteiger partial charge in [0.1, 0.15) is 0 Å². The van der Waals surface area contributed by atoms with Crippen LogP contribution in [0.25, 0.3) is 5.69 Å². The van der Waals surface area contributed by atoms with E-state index in [2.05, 4.69) is 10.1 Å². The third-order valence-corrected chi connectivity index (χ3v) is 7.38. The maximum Gasteiger partial charge on any atom is 0.312 e. The van der Waals surface area contributed by atoms with Crippen LogP contribution < -0.4 is 0 Å². The standard InChI is InChI=1S/C26H26N4O4S/c1-20(26(31)34-2)23-8-5-7-22(17-23)19-29(35(32,33)25-9-3-4-14-27-25)18-21-10-12-24(13-11-21)30-16-6-15-28-30/h3-17,20H,18-19H2,1-2H3. The lowest BCUT2D eigenvalue weighted by Crippen LogP contribution is -2.31. The van der Waals surface area contributed by atoms with Crippen molar-refractivity contribution in [1.29, 1.82) is 0 Å². The van der Waals surface area contributed by atoms with Crippen molar-refractivity contribution in [1.82, 2.24) is 19.1 Å². The van der Waals surface area contributed by atoms with Gasteiger partial charge in [0.2, 0.25) is 0 Å². The number of aromatic nitrogens is 3. The number of sulfonamides is 1. The van der Waals surface area contributed by atoms with E-state index in [0.29, 0.717) is 0 Å². The zero-order valence-corrected chi connectivity index (χ0v) is 20.3. The summed E-state index contributed by atoms with van der Waals surface area (Å²) in [7, 11) is -2.54. The molecular formula is C26H26N4O4S. The van der Waals surface area contributed by atoms with E-state index in [9.17, 15) is 13.2 Å². The van der Waals surface area contributed by atoms with Gasteiger partial charge in [0.05, 0.1) is 18.7 Å². The molecule has 1 unspecified atom stereocenters. The van der Waals surface area contributed by atoms with E-state index < -0.39 is 15.9 Å². The first-order valence-electron chi connectivity index (χ1n) is 11.1. The molecule has 1 atom stereocenters. The summed E-state index contributed by atoms with van der Waals surface area (Å²) < 4.78 is 35.1. The molecule has 180 valence electrons. The molecule has 4 aromatic rings. The second-order valence-corrected chi connectivity index (χ2v) is 9.93. The van der Waals surface area contributed by atoms with Gasteiger partial charge >= 0.3 is 5.97 Å². The second kappa shape index (κ2) is 10.6. The molecule has 0 fully saturated rings. The van der Waals surface area contributed by atoms with Crippen molar-refractivity contribution >= 4 is 16.0 Å². The van der Waals surface area contributed by atoms with Crippen LogP contribution in [-0.4, -0.2) is 40.6 Å². The number of hydrogen-bond acceptors (Lipinski definition) is 6. The van der Waals surface area contributed by atoms with Gasteiger partial charge in [-0.15, -0.1) is 0 Å². The normalized spacial score (nSPS) is 12.4. The molecule has 0 spiro atoms. The average Bonchev–Trinajstić information content (AvgIpc) is 3.43. The van der Waals surface area contributed by atoms with Gasteiger partial charge in [-0.3, -0.25) is 4.79 Å². The summed E-state index contributed by atoms with van der Waals surface area (Å²) in [5.74, 6) is -0.812. The lowest BCUT2D eigenvalue weighted by molar-refractivity contribution is -0.141. The highest BCUT2D eigenvalue weighted by atomic mass is 32.2. The number of pyridine rings is 1. The van der Waals surface area contributed by atoms with Gasteiger partial charge in [-0.2, -0.15) is 9.40 Å². The maximum absolute atomic E-state index is 13.5. The smallest absolute Gasteiger partial charge is 0.312 e. The Bertz CT molecular complexity index is 1370. The number of methoxy groups -OCH3 is 1. The minimum Gasteiger partial charge on any atom is -0.469 e. The van der Waals surface area contributed by atoms with Crippen LogP contribution in [0.1, 0.15) is 29.5 Å². The summed E-state index contributed by atoms with van der Waals surface area (Å²) >= 11 is 0. The summed E-state index contributed by atoms with van der Waals surface area (Å²) in [5.41, 5.74) is 3.21. The van der Waals surface area contributed by atoms with Crippen LogP contribution in [0, 0.1) is 0 Å². The topological polar surface area (TPSA) is 94.4 Å². The van der Waals surface area contributed by atoms with E-state index >= 15 is 0 Å². The summed E-state index contributed by atoms with van der Waals surface area (Å²) in [6.45, 7) is 2.02. The molecule has 0 aliphatic heterocycles. The molecule has 0 N–H and O–H groups in total. The first-order valence-corrected chi connectivity index (χ1v) is 12.5. The van der Waals surface area contributed by atoms with Gasteiger partial charge in [-0.05, 0) is 53.9 Å². The fourth-order valence-electron chi connectivity index (χ4n) is 3.71. The maximum atomic E-state index is 13.5. The second-order valence-electron chi connectivity index (χ2n) is 8.05. The van der Waals surface area contributed by atoms with Crippen molar-refractivity contribution in [3.05, 3.63) is 108 Å². The molecule has 4 rings (SSSR count). The molecule has 0 amide bonds. The quantitative estimate of drug-likeness (QED) is 0.330. The van der Waals surface area contributed by atoms with Crippen LogP contribution in [0.5, 0.6) is 0 Å². The Labute approximate surface area is 204 Å². The number of nitrogens with zero attached hydrogens (tertiary/aromatic N) is 4. The van der Waals surface area contributed by atoms with Crippen molar-refractivity contribution < 1.29 is 17.9 Å². The SMILES string of the molecule is COC(=O)C(C)c1cccc(CN(Cc2ccc(-n3cccn3)cc2)S(=O)(=O)c2ccccn2)c1. The molecule has 0 aliphatic rings. The largest absolute Gasteiger partial charge is 0.469 e. The Morgan fingerprint density at radius 2 is 1.74 bits per heavy atom. The van der Waals surface area contributed by atoms with Crippen LogP contribution in [0.2, 0.25) is 0 Å². The molecule has 2 aromatic carbocycles. The minimum absolute atomic E-state index is 0.0211. The van der Waals surface area contributed by atoms with E-state index in [1.165, 1.54) is 23.7 Å². The molecule has 0 saturated carbocycles. The number of rotatable bonds is 9. The Morgan fingerprint density at radius 3 is 2.40 bits per heavy atom. The fourth-order valence-corrected chi connectivity index (χ4v) is 5.06. The van der Waals surface area contributed by atoms with Crippen LogP contribution >= 0.6 is 0 Å². The third kappa shape index (κ3) is 5.64. The van der Waals surface area contributed by atoms with Crippen LogP contribution in [-0.2, 0) is 32.6 Å².